The summed E-state index contributed by atoms with van der Waals surface area (Å²) in [6, 6.07) is 17.1. The van der Waals surface area contributed by atoms with Crippen LogP contribution >= 0.6 is 23.5 Å². The number of rotatable bonds is 6. The van der Waals surface area contributed by atoms with Crippen molar-refractivity contribution in [1.82, 2.24) is 5.32 Å². The monoisotopic (exact) mass is 289 g/mol. The quantitative estimate of drug-likeness (QED) is 0.791. The van der Waals surface area contributed by atoms with Crippen molar-refractivity contribution in [2.24, 2.45) is 0 Å². The summed E-state index contributed by atoms with van der Waals surface area (Å²) in [7, 11) is 0. The molecule has 0 spiro atoms. The molecule has 0 saturated carbocycles. The van der Waals surface area contributed by atoms with Crippen LogP contribution in [0.3, 0.4) is 0 Å². The van der Waals surface area contributed by atoms with Gasteiger partial charge < -0.3 is 5.32 Å². The van der Waals surface area contributed by atoms with Crippen molar-refractivity contribution in [3.05, 3.63) is 59.7 Å². The lowest BCUT2D eigenvalue weighted by Crippen LogP contribution is -2.13. The van der Waals surface area contributed by atoms with Crippen LogP contribution in [0.1, 0.15) is 11.1 Å². The van der Waals surface area contributed by atoms with Crippen molar-refractivity contribution in [1.29, 1.82) is 0 Å². The van der Waals surface area contributed by atoms with E-state index in [1.807, 2.05) is 0 Å². The Balaban J connectivity index is 1.96. The number of nitrogens with one attached hydrogen (secondary N) is 1. The maximum Gasteiger partial charge on any atom is 0.0219 e. The molecule has 2 aromatic carbocycles. The van der Waals surface area contributed by atoms with Gasteiger partial charge in [0.15, 0.2) is 0 Å². The number of hydrogen-bond acceptors (Lipinski definition) is 3. The van der Waals surface area contributed by atoms with E-state index in [9.17, 15) is 0 Å². The lowest BCUT2D eigenvalue weighted by Gasteiger charge is -2.10. The van der Waals surface area contributed by atoms with Crippen molar-refractivity contribution >= 4 is 23.5 Å². The maximum absolute atomic E-state index is 3.54. The lowest BCUT2D eigenvalue weighted by atomic mass is 10.2. The summed E-state index contributed by atoms with van der Waals surface area (Å²) in [4.78, 5) is 2.71. The highest BCUT2D eigenvalue weighted by molar-refractivity contribution is 7.98. The predicted molar refractivity (Wildman–Crippen MR) is 87.0 cm³/mol. The zero-order chi connectivity index (χ0) is 13.5. The fraction of sp³-hybridized carbons (Fsp3) is 0.250. The summed E-state index contributed by atoms with van der Waals surface area (Å²) >= 11 is 3.61. The Morgan fingerprint density at radius 2 is 1.16 bits per heavy atom. The second-order valence-corrected chi connectivity index (χ2v) is 5.92. The van der Waals surface area contributed by atoms with Crippen LogP contribution in [-0.2, 0) is 13.1 Å². The molecule has 0 fully saturated rings. The Labute approximate surface area is 124 Å². The number of thioether (sulfide) groups is 2. The maximum atomic E-state index is 3.54. The van der Waals surface area contributed by atoms with Crippen molar-refractivity contribution in [3.8, 4) is 0 Å². The smallest absolute Gasteiger partial charge is 0.0219 e. The highest BCUT2D eigenvalue weighted by atomic mass is 32.2. The topological polar surface area (TPSA) is 12.0 Å². The van der Waals surface area contributed by atoms with Gasteiger partial charge in [-0.05, 0) is 35.8 Å². The van der Waals surface area contributed by atoms with Crippen LogP contribution in [0.4, 0.5) is 0 Å². The van der Waals surface area contributed by atoms with Gasteiger partial charge in [0.05, 0.1) is 0 Å². The molecule has 1 nitrogen and oxygen atoms in total. The van der Waals surface area contributed by atoms with Gasteiger partial charge in [-0.25, -0.2) is 0 Å². The molecule has 0 radical (unpaired) electrons. The summed E-state index contributed by atoms with van der Waals surface area (Å²) in [5.41, 5.74) is 2.74. The summed E-state index contributed by atoms with van der Waals surface area (Å²) < 4.78 is 0. The molecule has 2 aromatic rings. The third-order valence-corrected chi connectivity index (χ3v) is 4.69. The summed E-state index contributed by atoms with van der Waals surface area (Å²) in [5.74, 6) is 0. The van der Waals surface area contributed by atoms with E-state index in [4.69, 9.17) is 0 Å². The van der Waals surface area contributed by atoms with E-state index < -0.39 is 0 Å². The standard InChI is InChI=1S/C16H19NS2/c1-18-15-9-5-3-7-13(15)11-17-12-14-8-4-6-10-16(14)19-2/h3-10,17H,11-12H2,1-2H3. The fourth-order valence-corrected chi connectivity index (χ4v) is 3.26. The molecule has 0 saturated heterocycles. The number of benzene rings is 2. The second kappa shape index (κ2) is 7.63. The van der Waals surface area contributed by atoms with Crippen LogP contribution in [-0.4, -0.2) is 12.5 Å². The van der Waals surface area contributed by atoms with Crippen LogP contribution in [0.5, 0.6) is 0 Å². The molecular weight excluding hydrogens is 270 g/mol. The minimum atomic E-state index is 0.916. The second-order valence-electron chi connectivity index (χ2n) is 4.23. The van der Waals surface area contributed by atoms with Crippen molar-refractivity contribution < 1.29 is 0 Å². The average Bonchev–Trinajstić information content (AvgIpc) is 2.48. The molecule has 0 aliphatic heterocycles. The first-order chi connectivity index (χ1) is 9.35. The van der Waals surface area contributed by atoms with Crippen LogP contribution in [0, 0.1) is 0 Å². The Morgan fingerprint density at radius 3 is 1.58 bits per heavy atom. The molecular formula is C16H19NS2. The third kappa shape index (κ3) is 4.03. The van der Waals surface area contributed by atoms with Gasteiger partial charge in [-0.1, -0.05) is 36.4 Å². The van der Waals surface area contributed by atoms with E-state index in [0.717, 1.165) is 13.1 Å². The Bertz CT molecular complexity index is 478. The Kier molecular flexibility index (Phi) is 5.83. The molecule has 0 aromatic heterocycles. The highest BCUT2D eigenvalue weighted by Crippen LogP contribution is 2.21. The van der Waals surface area contributed by atoms with Gasteiger partial charge in [-0.2, -0.15) is 0 Å². The molecule has 2 rings (SSSR count). The van der Waals surface area contributed by atoms with Crippen LogP contribution in [0.2, 0.25) is 0 Å². The molecule has 0 amide bonds. The summed E-state index contributed by atoms with van der Waals surface area (Å²) in [5, 5.41) is 3.54. The minimum absolute atomic E-state index is 0.916. The first-order valence-corrected chi connectivity index (χ1v) is 8.74. The van der Waals surface area contributed by atoms with Gasteiger partial charge in [0.2, 0.25) is 0 Å². The molecule has 100 valence electrons. The van der Waals surface area contributed by atoms with E-state index in [1.165, 1.54) is 20.9 Å². The van der Waals surface area contributed by atoms with Gasteiger partial charge in [-0.3, -0.25) is 0 Å². The lowest BCUT2D eigenvalue weighted by molar-refractivity contribution is 0.679. The molecule has 1 N–H and O–H groups in total. The van der Waals surface area contributed by atoms with E-state index >= 15 is 0 Å². The van der Waals surface area contributed by atoms with Gasteiger partial charge >= 0.3 is 0 Å². The fourth-order valence-electron chi connectivity index (χ4n) is 2.03. The zero-order valence-corrected chi connectivity index (χ0v) is 13.0. The molecule has 0 aliphatic carbocycles. The van der Waals surface area contributed by atoms with Crippen molar-refractivity contribution in [2.75, 3.05) is 12.5 Å². The van der Waals surface area contributed by atoms with E-state index in [2.05, 4.69) is 66.4 Å². The first-order valence-electron chi connectivity index (χ1n) is 6.29. The van der Waals surface area contributed by atoms with Gasteiger partial charge in [-0.15, -0.1) is 23.5 Å². The number of hydrogen-bond donors (Lipinski definition) is 1. The Morgan fingerprint density at radius 1 is 0.737 bits per heavy atom. The minimum Gasteiger partial charge on any atom is -0.309 e. The van der Waals surface area contributed by atoms with Gasteiger partial charge in [0, 0.05) is 22.9 Å². The van der Waals surface area contributed by atoms with Crippen LogP contribution < -0.4 is 5.32 Å². The molecule has 0 unspecified atom stereocenters. The molecule has 0 heterocycles. The molecule has 0 aliphatic rings. The summed E-state index contributed by atoms with van der Waals surface area (Å²) in [6.07, 6.45) is 4.25. The average molecular weight is 289 g/mol. The Hall–Kier alpha value is -0.900. The van der Waals surface area contributed by atoms with E-state index in [0.29, 0.717) is 0 Å². The molecule has 0 atom stereocenters. The molecule has 19 heavy (non-hydrogen) atoms. The van der Waals surface area contributed by atoms with E-state index in [-0.39, 0.29) is 0 Å². The van der Waals surface area contributed by atoms with Crippen LogP contribution in [0.25, 0.3) is 0 Å². The highest BCUT2D eigenvalue weighted by Gasteiger charge is 2.02. The van der Waals surface area contributed by atoms with Crippen LogP contribution in [0.15, 0.2) is 58.3 Å². The predicted octanol–water partition coefficient (Wildman–Crippen LogP) is 4.42. The summed E-state index contributed by atoms with van der Waals surface area (Å²) in [6.45, 7) is 1.83. The SMILES string of the molecule is CSc1ccccc1CNCc1ccccc1SC. The van der Waals surface area contributed by atoms with Crippen molar-refractivity contribution in [3.63, 3.8) is 0 Å². The van der Waals surface area contributed by atoms with Gasteiger partial charge in [0.1, 0.15) is 0 Å². The first kappa shape index (κ1) is 14.5. The molecule has 3 heteroatoms. The third-order valence-electron chi connectivity index (χ3n) is 3.02. The largest absolute Gasteiger partial charge is 0.309 e. The van der Waals surface area contributed by atoms with E-state index in [1.54, 1.807) is 23.5 Å². The normalized spacial score (nSPS) is 10.6. The van der Waals surface area contributed by atoms with Gasteiger partial charge in [0.25, 0.3) is 0 Å². The van der Waals surface area contributed by atoms with Crippen molar-refractivity contribution in [2.45, 2.75) is 22.9 Å². The molecule has 0 bridgehead atoms. The zero-order valence-electron chi connectivity index (χ0n) is 11.3.